The summed E-state index contributed by atoms with van der Waals surface area (Å²) in [5, 5.41) is 3.23. The van der Waals surface area contributed by atoms with Gasteiger partial charge in [0.1, 0.15) is 5.75 Å². The highest BCUT2D eigenvalue weighted by Gasteiger charge is 2.66. The van der Waals surface area contributed by atoms with Crippen LogP contribution < -0.4 is 10.1 Å². The number of carbonyl (C=O) groups excluding carboxylic acids is 3. The third kappa shape index (κ3) is 2.58. The van der Waals surface area contributed by atoms with E-state index in [1.165, 1.54) is 12.0 Å². The molecular formula is C21H21ClN2O4. The van der Waals surface area contributed by atoms with Gasteiger partial charge in [0.2, 0.25) is 17.7 Å². The Bertz CT molecular complexity index is 878. The topological polar surface area (TPSA) is 75.7 Å². The molecule has 146 valence electrons. The fourth-order valence-electron chi connectivity index (χ4n) is 5.44. The Kier molecular flexibility index (Phi) is 4.02. The highest BCUT2D eigenvalue weighted by molar-refractivity contribution is 6.31. The second kappa shape index (κ2) is 6.34. The van der Waals surface area contributed by atoms with Crippen LogP contribution in [0.1, 0.15) is 12.8 Å². The molecule has 28 heavy (non-hydrogen) atoms. The maximum absolute atomic E-state index is 12.9. The molecule has 0 unspecified atom stereocenters. The van der Waals surface area contributed by atoms with Gasteiger partial charge in [-0.05, 0) is 48.3 Å². The van der Waals surface area contributed by atoms with Crippen LogP contribution in [0.4, 0.5) is 5.69 Å². The summed E-state index contributed by atoms with van der Waals surface area (Å²) in [7, 11) is 1.51. The average molecular weight is 401 g/mol. The number of rotatable bonds is 5. The van der Waals surface area contributed by atoms with Crippen LogP contribution >= 0.6 is 11.6 Å². The number of allylic oxidation sites excluding steroid dienone is 2. The van der Waals surface area contributed by atoms with Crippen molar-refractivity contribution in [2.45, 2.75) is 12.8 Å². The number of nitrogens with one attached hydrogen (secondary N) is 1. The van der Waals surface area contributed by atoms with Gasteiger partial charge in [0.15, 0.2) is 0 Å². The zero-order chi connectivity index (χ0) is 19.6. The number of hydrogen-bond acceptors (Lipinski definition) is 4. The molecular weight excluding hydrogens is 380 g/mol. The van der Waals surface area contributed by atoms with Gasteiger partial charge in [-0.3, -0.25) is 19.3 Å². The van der Waals surface area contributed by atoms with Crippen molar-refractivity contribution in [2.24, 2.45) is 35.5 Å². The fraction of sp³-hybridized carbons (Fsp3) is 0.476. The first-order valence-electron chi connectivity index (χ1n) is 9.66. The summed E-state index contributed by atoms with van der Waals surface area (Å²) in [5.74, 6) is 1.11. The largest absolute Gasteiger partial charge is 0.495 e. The summed E-state index contributed by atoms with van der Waals surface area (Å²) < 4.78 is 5.22. The highest BCUT2D eigenvalue weighted by atomic mass is 35.5. The van der Waals surface area contributed by atoms with Gasteiger partial charge in [-0.25, -0.2) is 0 Å². The number of hydrogen-bond donors (Lipinski definition) is 1. The van der Waals surface area contributed by atoms with E-state index in [0.29, 0.717) is 28.3 Å². The smallest absolute Gasteiger partial charge is 0.233 e. The van der Waals surface area contributed by atoms with Gasteiger partial charge in [-0.2, -0.15) is 0 Å². The quantitative estimate of drug-likeness (QED) is 0.609. The van der Waals surface area contributed by atoms with Gasteiger partial charge < -0.3 is 10.1 Å². The van der Waals surface area contributed by atoms with E-state index in [1.807, 2.05) is 0 Å². The molecule has 6 atom stereocenters. The summed E-state index contributed by atoms with van der Waals surface area (Å²) in [5.41, 5.74) is 0.468. The Hall–Kier alpha value is -2.34. The lowest BCUT2D eigenvalue weighted by Gasteiger charge is -2.37. The van der Waals surface area contributed by atoms with Crippen LogP contribution in [0, 0.1) is 35.5 Å². The van der Waals surface area contributed by atoms with Gasteiger partial charge in [-0.15, -0.1) is 0 Å². The number of imide groups is 1. The van der Waals surface area contributed by atoms with Gasteiger partial charge >= 0.3 is 0 Å². The summed E-state index contributed by atoms with van der Waals surface area (Å²) in [4.78, 5) is 39.6. The van der Waals surface area contributed by atoms with Crippen LogP contribution in [-0.4, -0.2) is 36.3 Å². The van der Waals surface area contributed by atoms with Crippen molar-refractivity contribution in [3.05, 3.63) is 35.4 Å². The number of nitrogens with zero attached hydrogens (tertiary/aromatic N) is 1. The SMILES string of the molecule is COc1ccc(Cl)cc1NC(=O)CCN1C(=O)[C@@H]2[C@H]3C=C[C@@H]([C@@H]4C[C@H]34)[C@H]2C1=O. The van der Waals surface area contributed by atoms with Crippen LogP contribution in [0.5, 0.6) is 5.75 Å². The standard InChI is InChI=1S/C21H21ClN2O4/c1-28-16-5-2-10(22)8-15(16)23-17(25)6-7-24-20(26)18-11-3-4-12(14-9-13(11)14)19(18)21(24)27/h2-5,8,11-14,18-19H,6-7,9H2,1H3,(H,23,25)/t11-,12-,13-,14+,18+,19+/m0/s1. The Morgan fingerprint density at radius 2 is 1.82 bits per heavy atom. The Balaban J connectivity index is 1.25. The summed E-state index contributed by atoms with van der Waals surface area (Å²) in [6, 6.07) is 4.95. The number of halogens is 1. The van der Waals surface area contributed by atoms with Crippen molar-refractivity contribution in [1.29, 1.82) is 0 Å². The minimum absolute atomic E-state index is 0.0439. The molecule has 0 aromatic heterocycles. The van der Waals surface area contributed by atoms with Crippen LogP contribution in [0.15, 0.2) is 30.4 Å². The molecule has 2 bridgehead atoms. The van der Waals surface area contributed by atoms with Crippen molar-refractivity contribution in [3.8, 4) is 5.75 Å². The number of likely N-dealkylation sites (tertiary alicyclic amines) is 1. The first kappa shape index (κ1) is 17.7. The molecule has 3 fully saturated rings. The van der Waals surface area contributed by atoms with Crippen LogP contribution in [-0.2, 0) is 14.4 Å². The number of carbonyl (C=O) groups is 3. The summed E-state index contributed by atoms with van der Waals surface area (Å²) >= 11 is 5.98. The molecule has 1 saturated heterocycles. The molecule has 1 N–H and O–H groups in total. The lowest BCUT2D eigenvalue weighted by Crippen LogP contribution is -2.40. The minimum Gasteiger partial charge on any atom is -0.495 e. The van der Waals surface area contributed by atoms with Crippen molar-refractivity contribution >= 4 is 35.0 Å². The van der Waals surface area contributed by atoms with Gasteiger partial charge in [-0.1, -0.05) is 23.8 Å². The molecule has 1 aromatic carbocycles. The van der Waals surface area contributed by atoms with Gasteiger partial charge in [0.25, 0.3) is 0 Å². The maximum Gasteiger partial charge on any atom is 0.233 e. The molecule has 6 nitrogen and oxygen atoms in total. The van der Waals surface area contributed by atoms with Gasteiger partial charge in [0.05, 0.1) is 24.6 Å². The van der Waals surface area contributed by atoms with E-state index in [4.69, 9.17) is 16.3 Å². The molecule has 2 saturated carbocycles. The minimum atomic E-state index is -0.292. The lowest BCUT2D eigenvalue weighted by molar-refractivity contribution is -0.140. The third-order valence-electron chi connectivity index (χ3n) is 6.75. The van der Waals surface area contributed by atoms with E-state index >= 15 is 0 Å². The molecule has 1 heterocycles. The average Bonchev–Trinajstić information content (AvgIpc) is 3.46. The molecule has 1 aliphatic heterocycles. The Morgan fingerprint density at radius 3 is 2.43 bits per heavy atom. The molecule has 7 heteroatoms. The van der Waals surface area contributed by atoms with E-state index < -0.39 is 0 Å². The monoisotopic (exact) mass is 400 g/mol. The molecule has 6 rings (SSSR count). The molecule has 0 radical (unpaired) electrons. The number of amides is 3. The third-order valence-corrected chi connectivity index (χ3v) is 6.99. The number of benzene rings is 1. The first-order chi connectivity index (χ1) is 13.5. The van der Waals surface area contributed by atoms with E-state index in [2.05, 4.69) is 17.5 Å². The molecule has 0 spiro atoms. The second-order valence-electron chi connectivity index (χ2n) is 8.13. The lowest BCUT2D eigenvalue weighted by atomic mass is 9.63. The van der Waals surface area contributed by atoms with E-state index in [-0.39, 0.29) is 54.4 Å². The number of methoxy groups -OCH3 is 1. The molecule has 4 aliphatic carbocycles. The molecule has 1 aromatic rings. The summed E-state index contributed by atoms with van der Waals surface area (Å²) in [6.45, 7) is 0.105. The Morgan fingerprint density at radius 1 is 1.18 bits per heavy atom. The van der Waals surface area contributed by atoms with Crippen molar-refractivity contribution in [1.82, 2.24) is 4.90 Å². The fourth-order valence-corrected chi connectivity index (χ4v) is 5.62. The van der Waals surface area contributed by atoms with Gasteiger partial charge in [0, 0.05) is 18.0 Å². The van der Waals surface area contributed by atoms with Crippen molar-refractivity contribution in [3.63, 3.8) is 0 Å². The molecule has 5 aliphatic rings. The van der Waals surface area contributed by atoms with E-state index in [9.17, 15) is 14.4 Å². The second-order valence-corrected chi connectivity index (χ2v) is 8.56. The normalized spacial score (nSPS) is 34.3. The predicted octanol–water partition coefficient (Wildman–Crippen LogP) is 2.73. The summed E-state index contributed by atoms with van der Waals surface area (Å²) in [6.07, 6.45) is 5.47. The van der Waals surface area contributed by atoms with E-state index in [1.54, 1.807) is 18.2 Å². The molecule has 3 amide bonds. The maximum atomic E-state index is 12.9. The number of anilines is 1. The first-order valence-corrected chi connectivity index (χ1v) is 10.0. The number of ether oxygens (including phenoxy) is 1. The van der Waals surface area contributed by atoms with Crippen molar-refractivity contribution < 1.29 is 19.1 Å². The zero-order valence-corrected chi connectivity index (χ0v) is 16.2. The van der Waals surface area contributed by atoms with Crippen LogP contribution in [0.25, 0.3) is 0 Å². The highest BCUT2D eigenvalue weighted by Crippen LogP contribution is 2.65. The zero-order valence-electron chi connectivity index (χ0n) is 15.4. The Labute approximate surface area is 167 Å². The van der Waals surface area contributed by atoms with E-state index in [0.717, 1.165) is 6.42 Å². The van der Waals surface area contributed by atoms with Crippen LogP contribution in [0.3, 0.4) is 0 Å². The van der Waals surface area contributed by atoms with Crippen LogP contribution in [0.2, 0.25) is 5.02 Å². The van der Waals surface area contributed by atoms with Crippen molar-refractivity contribution in [2.75, 3.05) is 19.0 Å². The predicted molar refractivity (Wildman–Crippen MR) is 103 cm³/mol.